The van der Waals surface area contributed by atoms with E-state index in [9.17, 15) is 0 Å². The van der Waals surface area contributed by atoms with E-state index >= 15 is 0 Å². The van der Waals surface area contributed by atoms with Crippen molar-refractivity contribution in [3.05, 3.63) is 35.4 Å². The molecule has 1 heterocycles. The van der Waals surface area contributed by atoms with Crippen molar-refractivity contribution in [2.75, 3.05) is 0 Å². The molecule has 0 atom stereocenters. The average Bonchev–Trinajstić information content (AvgIpc) is 2.87. The zero-order chi connectivity index (χ0) is 10.3. The van der Waals surface area contributed by atoms with Gasteiger partial charge in [-0.05, 0) is 18.4 Å². The molecule has 0 radical (unpaired) electrons. The molecule has 3 rings (SSSR count). The van der Waals surface area contributed by atoms with Crippen molar-refractivity contribution in [1.82, 2.24) is 4.90 Å². The van der Waals surface area contributed by atoms with Crippen LogP contribution in [0.25, 0.3) is 0 Å². The minimum Gasteiger partial charge on any atom is -0.349 e. The normalized spacial score (nSPS) is 21.1. The summed E-state index contributed by atoms with van der Waals surface area (Å²) in [6.45, 7) is 0.958. The van der Waals surface area contributed by atoms with Crippen LogP contribution in [0.2, 0.25) is 0 Å². The van der Waals surface area contributed by atoms with Gasteiger partial charge in [0, 0.05) is 18.2 Å². The SMILES string of the molecule is N=C1c2ccccc2CN1C1CCCC1. The molecule has 0 bridgehead atoms. The highest BCUT2D eigenvalue weighted by Crippen LogP contribution is 2.31. The van der Waals surface area contributed by atoms with Gasteiger partial charge in [-0.3, -0.25) is 5.41 Å². The molecule has 1 aliphatic heterocycles. The predicted octanol–water partition coefficient (Wildman–Crippen LogP) is 2.77. The highest BCUT2D eigenvalue weighted by atomic mass is 15.2. The van der Waals surface area contributed by atoms with Crippen LogP contribution in [0.5, 0.6) is 0 Å². The topological polar surface area (TPSA) is 27.1 Å². The van der Waals surface area contributed by atoms with Gasteiger partial charge in [0.25, 0.3) is 0 Å². The van der Waals surface area contributed by atoms with E-state index < -0.39 is 0 Å². The molecule has 1 saturated carbocycles. The number of nitrogens with one attached hydrogen (secondary N) is 1. The Hall–Kier alpha value is -1.31. The predicted molar refractivity (Wildman–Crippen MR) is 61.1 cm³/mol. The maximum Gasteiger partial charge on any atom is 0.128 e. The van der Waals surface area contributed by atoms with Gasteiger partial charge in [0.15, 0.2) is 0 Å². The molecule has 78 valence electrons. The van der Waals surface area contributed by atoms with Crippen molar-refractivity contribution < 1.29 is 0 Å². The molecule has 0 amide bonds. The molecule has 2 aliphatic rings. The van der Waals surface area contributed by atoms with E-state index in [2.05, 4.69) is 23.1 Å². The van der Waals surface area contributed by atoms with Crippen LogP contribution in [0.3, 0.4) is 0 Å². The van der Waals surface area contributed by atoms with E-state index in [0.717, 1.165) is 17.9 Å². The smallest absolute Gasteiger partial charge is 0.128 e. The fraction of sp³-hybridized carbons (Fsp3) is 0.462. The molecule has 1 aliphatic carbocycles. The Bertz CT molecular complexity index is 391. The lowest BCUT2D eigenvalue weighted by Crippen LogP contribution is -2.33. The first-order chi connectivity index (χ1) is 7.36. The van der Waals surface area contributed by atoms with Crippen LogP contribution in [0.15, 0.2) is 24.3 Å². The van der Waals surface area contributed by atoms with E-state index in [1.807, 2.05) is 6.07 Å². The number of nitrogens with zero attached hydrogens (tertiary/aromatic N) is 1. The van der Waals surface area contributed by atoms with Gasteiger partial charge in [0.05, 0.1) is 0 Å². The van der Waals surface area contributed by atoms with Crippen LogP contribution in [-0.2, 0) is 6.54 Å². The third-order valence-corrected chi connectivity index (χ3v) is 3.67. The minimum absolute atomic E-state index is 0.630. The van der Waals surface area contributed by atoms with Crippen LogP contribution >= 0.6 is 0 Å². The third-order valence-electron chi connectivity index (χ3n) is 3.67. The van der Waals surface area contributed by atoms with Gasteiger partial charge < -0.3 is 4.90 Å². The maximum atomic E-state index is 8.18. The largest absolute Gasteiger partial charge is 0.349 e. The molecule has 0 spiro atoms. The van der Waals surface area contributed by atoms with E-state index in [1.165, 1.54) is 31.2 Å². The average molecular weight is 200 g/mol. The van der Waals surface area contributed by atoms with E-state index in [-0.39, 0.29) is 0 Å². The van der Waals surface area contributed by atoms with Crippen LogP contribution < -0.4 is 0 Å². The number of amidine groups is 1. The van der Waals surface area contributed by atoms with E-state index in [0.29, 0.717) is 6.04 Å². The summed E-state index contributed by atoms with van der Waals surface area (Å²) in [5.74, 6) is 0.748. The van der Waals surface area contributed by atoms with Crippen molar-refractivity contribution >= 4 is 5.84 Å². The summed E-state index contributed by atoms with van der Waals surface area (Å²) in [7, 11) is 0. The Labute approximate surface area is 90.4 Å². The van der Waals surface area contributed by atoms with Crippen molar-refractivity contribution in [3.63, 3.8) is 0 Å². The summed E-state index contributed by atoms with van der Waals surface area (Å²) < 4.78 is 0. The second kappa shape index (κ2) is 3.37. The summed E-state index contributed by atoms with van der Waals surface area (Å²) in [6, 6.07) is 8.96. The van der Waals surface area contributed by atoms with E-state index in [4.69, 9.17) is 5.41 Å². The summed E-state index contributed by atoms with van der Waals surface area (Å²) in [5.41, 5.74) is 2.47. The number of rotatable bonds is 1. The molecule has 0 saturated heterocycles. The van der Waals surface area contributed by atoms with Crippen molar-refractivity contribution in [3.8, 4) is 0 Å². The second-order valence-corrected chi connectivity index (χ2v) is 4.57. The van der Waals surface area contributed by atoms with Gasteiger partial charge in [0.1, 0.15) is 5.84 Å². The van der Waals surface area contributed by atoms with Crippen LogP contribution in [-0.4, -0.2) is 16.8 Å². The summed E-state index contributed by atoms with van der Waals surface area (Å²) in [4.78, 5) is 2.29. The molecule has 1 aromatic rings. The standard InChI is InChI=1S/C13H16N2/c14-13-12-8-4-1-5-10(12)9-15(13)11-6-2-3-7-11/h1,4-5,8,11,14H,2-3,6-7,9H2. The number of hydrogen-bond acceptors (Lipinski definition) is 1. The molecule has 0 aromatic heterocycles. The summed E-state index contributed by atoms with van der Waals surface area (Å²) >= 11 is 0. The zero-order valence-electron chi connectivity index (χ0n) is 8.87. The number of fused-ring (bicyclic) bond motifs is 1. The van der Waals surface area contributed by atoms with Gasteiger partial charge in [0.2, 0.25) is 0 Å². The van der Waals surface area contributed by atoms with Gasteiger partial charge in [-0.25, -0.2) is 0 Å². The first-order valence-corrected chi connectivity index (χ1v) is 5.80. The monoisotopic (exact) mass is 200 g/mol. The van der Waals surface area contributed by atoms with Gasteiger partial charge >= 0.3 is 0 Å². The lowest BCUT2D eigenvalue weighted by molar-refractivity contribution is 0.318. The Morgan fingerprint density at radius 2 is 1.87 bits per heavy atom. The fourth-order valence-electron chi connectivity index (χ4n) is 2.83. The molecular formula is C13H16N2. The van der Waals surface area contributed by atoms with Gasteiger partial charge in [-0.1, -0.05) is 37.1 Å². The Balaban J connectivity index is 1.89. The van der Waals surface area contributed by atoms with E-state index in [1.54, 1.807) is 0 Å². The van der Waals surface area contributed by atoms with Crippen molar-refractivity contribution in [2.24, 2.45) is 0 Å². The molecule has 1 fully saturated rings. The summed E-state index contributed by atoms with van der Waals surface area (Å²) in [6.07, 6.45) is 5.22. The lowest BCUT2D eigenvalue weighted by Gasteiger charge is -2.25. The minimum atomic E-state index is 0.630. The lowest BCUT2D eigenvalue weighted by atomic mass is 10.1. The first kappa shape index (κ1) is 8.96. The quantitative estimate of drug-likeness (QED) is 0.741. The van der Waals surface area contributed by atoms with Crippen LogP contribution in [0.4, 0.5) is 0 Å². The molecular weight excluding hydrogens is 184 g/mol. The van der Waals surface area contributed by atoms with Crippen molar-refractivity contribution in [2.45, 2.75) is 38.3 Å². The first-order valence-electron chi connectivity index (χ1n) is 5.80. The summed E-state index contributed by atoms with van der Waals surface area (Å²) in [5, 5.41) is 8.18. The fourth-order valence-corrected chi connectivity index (χ4v) is 2.83. The molecule has 0 unspecified atom stereocenters. The Morgan fingerprint density at radius 3 is 2.60 bits per heavy atom. The Kier molecular flexibility index (Phi) is 2.01. The zero-order valence-corrected chi connectivity index (χ0v) is 8.87. The molecule has 1 N–H and O–H groups in total. The van der Waals surface area contributed by atoms with Gasteiger partial charge in [-0.15, -0.1) is 0 Å². The van der Waals surface area contributed by atoms with Crippen molar-refractivity contribution in [1.29, 1.82) is 5.41 Å². The molecule has 2 nitrogen and oxygen atoms in total. The Morgan fingerprint density at radius 1 is 1.13 bits per heavy atom. The number of hydrogen-bond donors (Lipinski definition) is 1. The molecule has 2 heteroatoms. The molecule has 15 heavy (non-hydrogen) atoms. The maximum absolute atomic E-state index is 8.18. The number of benzene rings is 1. The highest BCUT2D eigenvalue weighted by molar-refractivity contribution is 6.00. The third kappa shape index (κ3) is 1.36. The second-order valence-electron chi connectivity index (χ2n) is 4.57. The molecule has 1 aromatic carbocycles. The van der Waals surface area contributed by atoms with Gasteiger partial charge in [-0.2, -0.15) is 0 Å². The highest BCUT2D eigenvalue weighted by Gasteiger charge is 2.30. The van der Waals surface area contributed by atoms with Crippen LogP contribution in [0.1, 0.15) is 36.8 Å². The van der Waals surface area contributed by atoms with Crippen LogP contribution in [0, 0.1) is 5.41 Å².